The molecule has 0 aromatic rings. The lowest BCUT2D eigenvalue weighted by molar-refractivity contribution is -0.127. The van der Waals surface area contributed by atoms with Gasteiger partial charge >= 0.3 is 0 Å². The van der Waals surface area contributed by atoms with Crippen molar-refractivity contribution in [3.63, 3.8) is 0 Å². The second kappa shape index (κ2) is 7.10. The first-order chi connectivity index (χ1) is 10.3. The summed E-state index contributed by atoms with van der Waals surface area (Å²) in [6, 6.07) is 1.11. The molecule has 2 aliphatic heterocycles. The molecule has 3 rings (SSSR count). The number of carbonyl (C=O) groups excluding carboxylic acids is 1. The molecule has 3 aliphatic rings. The summed E-state index contributed by atoms with van der Waals surface area (Å²) in [7, 11) is 0. The van der Waals surface area contributed by atoms with Crippen LogP contribution in [0, 0.1) is 5.92 Å². The van der Waals surface area contributed by atoms with Crippen LogP contribution in [-0.4, -0.2) is 48.6 Å². The van der Waals surface area contributed by atoms with Crippen LogP contribution in [0.1, 0.15) is 58.3 Å². The van der Waals surface area contributed by atoms with Crippen LogP contribution in [-0.2, 0) is 4.79 Å². The maximum absolute atomic E-state index is 12.7. The Bertz CT molecular complexity index is 348. The zero-order valence-electron chi connectivity index (χ0n) is 13.4. The molecular weight excluding hydrogens is 262 g/mol. The monoisotopic (exact) mass is 293 g/mol. The van der Waals surface area contributed by atoms with Gasteiger partial charge in [0.2, 0.25) is 5.91 Å². The van der Waals surface area contributed by atoms with E-state index in [0.29, 0.717) is 23.9 Å². The third-order valence-corrected chi connectivity index (χ3v) is 5.85. The molecule has 2 saturated heterocycles. The Kier molecular flexibility index (Phi) is 5.17. The summed E-state index contributed by atoms with van der Waals surface area (Å²) in [5.41, 5.74) is 0. The molecule has 3 fully saturated rings. The number of rotatable bonds is 4. The molecule has 21 heavy (non-hydrogen) atoms. The van der Waals surface area contributed by atoms with Crippen LogP contribution in [0.15, 0.2) is 0 Å². The van der Waals surface area contributed by atoms with Crippen LogP contribution >= 0.6 is 0 Å². The predicted octanol–water partition coefficient (Wildman–Crippen LogP) is 1.90. The van der Waals surface area contributed by atoms with Gasteiger partial charge in [0.05, 0.1) is 6.04 Å². The Labute approximate surface area is 129 Å². The van der Waals surface area contributed by atoms with Crippen molar-refractivity contribution in [2.75, 3.05) is 19.6 Å². The van der Waals surface area contributed by atoms with Gasteiger partial charge in [0.15, 0.2) is 0 Å². The fourth-order valence-electron chi connectivity index (χ4n) is 4.54. The minimum Gasteiger partial charge on any atom is -0.352 e. The lowest BCUT2D eigenvalue weighted by atomic mass is 9.99. The number of hydrogen-bond donors (Lipinski definition) is 2. The summed E-state index contributed by atoms with van der Waals surface area (Å²) in [5.74, 6) is 1.01. The summed E-state index contributed by atoms with van der Waals surface area (Å²) in [6.07, 6.45) is 9.90. The third kappa shape index (κ3) is 3.59. The second-order valence-corrected chi connectivity index (χ2v) is 7.22. The number of amides is 1. The largest absolute Gasteiger partial charge is 0.352 e. The van der Waals surface area contributed by atoms with Gasteiger partial charge in [-0.3, -0.25) is 9.69 Å². The first-order valence-electron chi connectivity index (χ1n) is 9.02. The van der Waals surface area contributed by atoms with Crippen molar-refractivity contribution in [1.82, 2.24) is 15.5 Å². The molecule has 120 valence electrons. The van der Waals surface area contributed by atoms with Gasteiger partial charge in [-0.05, 0) is 71.0 Å². The maximum atomic E-state index is 12.7. The van der Waals surface area contributed by atoms with Gasteiger partial charge in [-0.1, -0.05) is 12.8 Å². The van der Waals surface area contributed by atoms with Gasteiger partial charge in [-0.2, -0.15) is 0 Å². The lowest BCUT2D eigenvalue weighted by Gasteiger charge is -2.35. The van der Waals surface area contributed by atoms with Crippen molar-refractivity contribution in [2.45, 2.75) is 76.4 Å². The minimum atomic E-state index is 0.136. The molecule has 0 aromatic heterocycles. The predicted molar refractivity (Wildman–Crippen MR) is 85.2 cm³/mol. The molecule has 2 unspecified atom stereocenters. The van der Waals surface area contributed by atoms with E-state index in [1.165, 1.54) is 44.9 Å². The fourth-order valence-corrected chi connectivity index (χ4v) is 4.54. The van der Waals surface area contributed by atoms with Gasteiger partial charge in [0, 0.05) is 12.1 Å². The molecule has 0 aromatic carbocycles. The van der Waals surface area contributed by atoms with E-state index >= 15 is 0 Å². The van der Waals surface area contributed by atoms with E-state index in [1.54, 1.807) is 0 Å². The molecule has 0 bridgehead atoms. The molecule has 1 amide bonds. The van der Waals surface area contributed by atoms with Crippen molar-refractivity contribution >= 4 is 5.91 Å². The highest BCUT2D eigenvalue weighted by Gasteiger charge is 2.36. The molecule has 4 heteroatoms. The Morgan fingerprint density at radius 1 is 1.10 bits per heavy atom. The van der Waals surface area contributed by atoms with Gasteiger partial charge in [0.25, 0.3) is 0 Å². The highest BCUT2D eigenvalue weighted by Crippen LogP contribution is 2.29. The van der Waals surface area contributed by atoms with E-state index < -0.39 is 0 Å². The summed E-state index contributed by atoms with van der Waals surface area (Å²) in [5, 5.41) is 6.76. The zero-order valence-corrected chi connectivity index (χ0v) is 13.4. The number of carbonyl (C=O) groups is 1. The molecule has 2 atom stereocenters. The molecule has 0 radical (unpaired) electrons. The molecule has 2 heterocycles. The van der Waals surface area contributed by atoms with Crippen molar-refractivity contribution < 1.29 is 4.79 Å². The zero-order chi connectivity index (χ0) is 14.7. The van der Waals surface area contributed by atoms with Crippen LogP contribution in [0.25, 0.3) is 0 Å². The van der Waals surface area contributed by atoms with Gasteiger partial charge in [-0.15, -0.1) is 0 Å². The minimum absolute atomic E-state index is 0.136. The normalized spacial score (nSPS) is 30.6. The summed E-state index contributed by atoms with van der Waals surface area (Å²) in [6.45, 7) is 5.53. The van der Waals surface area contributed by atoms with Crippen molar-refractivity contribution in [1.29, 1.82) is 0 Å². The number of hydrogen-bond acceptors (Lipinski definition) is 3. The summed E-state index contributed by atoms with van der Waals surface area (Å²) in [4.78, 5) is 15.2. The van der Waals surface area contributed by atoms with Gasteiger partial charge < -0.3 is 10.6 Å². The number of nitrogens with zero attached hydrogens (tertiary/aromatic N) is 1. The Morgan fingerprint density at radius 3 is 2.52 bits per heavy atom. The summed E-state index contributed by atoms with van der Waals surface area (Å²) >= 11 is 0. The van der Waals surface area contributed by atoms with E-state index in [1.807, 2.05) is 0 Å². The highest BCUT2D eigenvalue weighted by atomic mass is 16.2. The van der Waals surface area contributed by atoms with Gasteiger partial charge in [0.1, 0.15) is 0 Å². The molecule has 2 N–H and O–H groups in total. The molecule has 4 nitrogen and oxygen atoms in total. The number of likely N-dealkylation sites (tertiary alicyclic amines) is 1. The van der Waals surface area contributed by atoms with Crippen LogP contribution in [0.3, 0.4) is 0 Å². The molecule has 1 saturated carbocycles. The first-order valence-corrected chi connectivity index (χ1v) is 9.02. The quantitative estimate of drug-likeness (QED) is 0.832. The van der Waals surface area contributed by atoms with Crippen LogP contribution in [0.2, 0.25) is 0 Å². The van der Waals surface area contributed by atoms with Crippen LogP contribution < -0.4 is 10.6 Å². The SMILES string of the molecule is CC(NC(=O)C1CCCN1C1CCNCC1)C1CCCC1. The van der Waals surface area contributed by atoms with Crippen LogP contribution in [0.4, 0.5) is 0 Å². The molecule has 1 aliphatic carbocycles. The average molecular weight is 293 g/mol. The van der Waals surface area contributed by atoms with Crippen molar-refractivity contribution in [3.8, 4) is 0 Å². The smallest absolute Gasteiger partial charge is 0.237 e. The lowest BCUT2D eigenvalue weighted by Crippen LogP contribution is -2.52. The highest BCUT2D eigenvalue weighted by molar-refractivity contribution is 5.82. The average Bonchev–Trinajstić information content (AvgIpc) is 3.19. The van der Waals surface area contributed by atoms with Gasteiger partial charge in [-0.25, -0.2) is 0 Å². The second-order valence-electron chi connectivity index (χ2n) is 7.22. The fraction of sp³-hybridized carbons (Fsp3) is 0.941. The van der Waals surface area contributed by atoms with E-state index in [-0.39, 0.29) is 6.04 Å². The van der Waals surface area contributed by atoms with E-state index in [9.17, 15) is 4.79 Å². The van der Waals surface area contributed by atoms with Crippen molar-refractivity contribution in [3.05, 3.63) is 0 Å². The number of nitrogens with one attached hydrogen (secondary N) is 2. The maximum Gasteiger partial charge on any atom is 0.237 e. The first kappa shape index (κ1) is 15.3. The van der Waals surface area contributed by atoms with E-state index in [0.717, 1.165) is 26.1 Å². The Hall–Kier alpha value is -0.610. The molecular formula is C17H31N3O. The topological polar surface area (TPSA) is 44.4 Å². The van der Waals surface area contributed by atoms with Crippen molar-refractivity contribution in [2.24, 2.45) is 5.92 Å². The van der Waals surface area contributed by atoms with E-state index in [2.05, 4.69) is 22.5 Å². The van der Waals surface area contributed by atoms with Crippen LogP contribution in [0.5, 0.6) is 0 Å². The molecule has 0 spiro atoms. The Morgan fingerprint density at radius 2 is 1.81 bits per heavy atom. The Balaban J connectivity index is 1.54. The standard InChI is InChI=1S/C17H31N3O/c1-13(14-5-2-3-6-14)19-17(21)16-7-4-12-20(16)15-8-10-18-11-9-15/h13-16,18H,2-12H2,1H3,(H,19,21). The third-order valence-electron chi connectivity index (χ3n) is 5.85. The summed E-state index contributed by atoms with van der Waals surface area (Å²) < 4.78 is 0. The van der Waals surface area contributed by atoms with E-state index in [4.69, 9.17) is 0 Å². The number of piperidine rings is 1.